The molecule has 3 N–H and O–H groups in total. The molecule has 0 amide bonds. The Morgan fingerprint density at radius 2 is 2.00 bits per heavy atom. The Labute approximate surface area is 80.7 Å². The number of aromatic hydroxyl groups is 2. The molecule has 0 fully saturated rings. The van der Waals surface area contributed by atoms with Gasteiger partial charge in [-0.2, -0.15) is 0 Å². The van der Waals surface area contributed by atoms with Crippen molar-refractivity contribution >= 4 is 12.0 Å². The van der Waals surface area contributed by atoms with Crippen molar-refractivity contribution in [2.75, 3.05) is 0 Å². The first kappa shape index (κ1) is 10.1. The van der Waals surface area contributed by atoms with Gasteiger partial charge in [0.25, 0.3) is 0 Å². The normalized spacial score (nSPS) is 11.4. The fourth-order valence-electron chi connectivity index (χ4n) is 0.953. The van der Waals surface area contributed by atoms with E-state index < -0.39 is 5.97 Å². The second-order valence-corrected chi connectivity index (χ2v) is 2.88. The molecule has 0 aliphatic carbocycles. The lowest BCUT2D eigenvalue weighted by atomic mass is 10.1. The molecule has 1 rings (SSSR count). The summed E-state index contributed by atoms with van der Waals surface area (Å²) in [7, 11) is 0. The molecule has 0 saturated carbocycles. The molecule has 1 aromatic carbocycles. The average Bonchev–Trinajstić information content (AvgIpc) is 2.11. The third kappa shape index (κ3) is 2.26. The summed E-state index contributed by atoms with van der Waals surface area (Å²) in [6.07, 6.45) is 1.29. The Balaban J connectivity index is 3.13. The first-order chi connectivity index (χ1) is 6.50. The van der Waals surface area contributed by atoms with E-state index in [9.17, 15) is 9.90 Å². The fraction of sp³-hybridized carbons (Fsp3) is 0.100. The molecular formula is C10H10O4. The third-order valence-electron chi connectivity index (χ3n) is 1.72. The number of phenolic OH excluding ortho intramolecular Hbond substituents is 2. The lowest BCUT2D eigenvalue weighted by molar-refractivity contribution is -0.132. The Kier molecular flexibility index (Phi) is 2.76. The molecule has 0 bridgehead atoms. The molecule has 0 unspecified atom stereocenters. The van der Waals surface area contributed by atoms with Crippen molar-refractivity contribution in [3.63, 3.8) is 0 Å². The predicted octanol–water partition coefficient (Wildman–Crippen LogP) is 1.59. The van der Waals surface area contributed by atoms with Gasteiger partial charge in [-0.25, -0.2) is 4.79 Å². The molecule has 74 valence electrons. The van der Waals surface area contributed by atoms with Crippen LogP contribution in [0, 0.1) is 0 Å². The second kappa shape index (κ2) is 3.83. The van der Waals surface area contributed by atoms with E-state index in [0.717, 1.165) is 0 Å². The van der Waals surface area contributed by atoms with Gasteiger partial charge in [0.1, 0.15) is 11.5 Å². The fourth-order valence-corrected chi connectivity index (χ4v) is 0.953. The van der Waals surface area contributed by atoms with Crippen LogP contribution >= 0.6 is 0 Å². The highest BCUT2D eigenvalue weighted by molar-refractivity contribution is 5.91. The number of carboxylic acid groups (broad SMARTS) is 1. The molecule has 14 heavy (non-hydrogen) atoms. The van der Waals surface area contributed by atoms with Crippen molar-refractivity contribution in [1.29, 1.82) is 0 Å². The number of aliphatic carboxylic acids is 1. The molecule has 0 aliphatic rings. The standard InChI is InChI=1S/C10H10O4/c1-6(10(13)14)4-7-5-8(11)2-3-9(7)12/h2-5,11-12H,1H3,(H,13,14). The monoisotopic (exact) mass is 194 g/mol. The molecule has 4 nitrogen and oxygen atoms in total. The smallest absolute Gasteiger partial charge is 0.331 e. The first-order valence-corrected chi connectivity index (χ1v) is 3.94. The zero-order valence-corrected chi connectivity index (χ0v) is 7.56. The van der Waals surface area contributed by atoms with Crippen LogP contribution in [0.15, 0.2) is 23.8 Å². The van der Waals surface area contributed by atoms with Crippen LogP contribution in [0.1, 0.15) is 12.5 Å². The molecule has 4 heteroatoms. The quantitative estimate of drug-likeness (QED) is 0.493. The molecule has 0 spiro atoms. The summed E-state index contributed by atoms with van der Waals surface area (Å²) in [6, 6.07) is 3.92. The highest BCUT2D eigenvalue weighted by Crippen LogP contribution is 2.24. The highest BCUT2D eigenvalue weighted by Gasteiger charge is 2.03. The van der Waals surface area contributed by atoms with Gasteiger partial charge < -0.3 is 15.3 Å². The number of benzene rings is 1. The molecule has 0 aliphatic heterocycles. The van der Waals surface area contributed by atoms with Gasteiger partial charge in [0, 0.05) is 11.1 Å². The van der Waals surface area contributed by atoms with E-state index in [4.69, 9.17) is 10.2 Å². The SMILES string of the molecule is CC(=Cc1cc(O)ccc1O)C(=O)O. The van der Waals surface area contributed by atoms with E-state index in [-0.39, 0.29) is 22.6 Å². The topological polar surface area (TPSA) is 77.8 Å². The molecule has 0 saturated heterocycles. The number of hydrogen-bond acceptors (Lipinski definition) is 3. The van der Waals surface area contributed by atoms with E-state index in [1.165, 1.54) is 31.2 Å². The predicted molar refractivity (Wildman–Crippen MR) is 51.1 cm³/mol. The number of carbonyl (C=O) groups is 1. The molecule has 0 radical (unpaired) electrons. The summed E-state index contributed by atoms with van der Waals surface area (Å²) in [6.45, 7) is 1.41. The van der Waals surface area contributed by atoms with Crippen molar-refractivity contribution in [3.8, 4) is 11.5 Å². The molecule has 0 atom stereocenters. The minimum absolute atomic E-state index is 0.0211. The van der Waals surface area contributed by atoms with Gasteiger partial charge >= 0.3 is 5.97 Å². The minimum Gasteiger partial charge on any atom is -0.508 e. The Morgan fingerprint density at radius 3 is 2.57 bits per heavy atom. The zero-order chi connectivity index (χ0) is 10.7. The Hall–Kier alpha value is -1.97. The summed E-state index contributed by atoms with van der Waals surface area (Å²) in [5.74, 6) is -1.15. The summed E-state index contributed by atoms with van der Waals surface area (Å²) < 4.78 is 0. The lowest BCUT2D eigenvalue weighted by Crippen LogP contribution is -1.95. The summed E-state index contributed by atoms with van der Waals surface area (Å²) in [4.78, 5) is 10.5. The number of hydrogen-bond donors (Lipinski definition) is 3. The molecule has 0 aromatic heterocycles. The van der Waals surface area contributed by atoms with Crippen LogP contribution in [0.3, 0.4) is 0 Å². The molecular weight excluding hydrogens is 184 g/mol. The van der Waals surface area contributed by atoms with Gasteiger partial charge in [-0.1, -0.05) is 0 Å². The van der Waals surface area contributed by atoms with Crippen LogP contribution in [0.25, 0.3) is 6.08 Å². The van der Waals surface area contributed by atoms with E-state index in [0.29, 0.717) is 0 Å². The largest absolute Gasteiger partial charge is 0.508 e. The van der Waals surface area contributed by atoms with Crippen molar-refractivity contribution in [3.05, 3.63) is 29.3 Å². The second-order valence-electron chi connectivity index (χ2n) is 2.88. The maximum absolute atomic E-state index is 10.5. The van der Waals surface area contributed by atoms with E-state index in [1.54, 1.807) is 0 Å². The van der Waals surface area contributed by atoms with Crippen LogP contribution in [0.5, 0.6) is 11.5 Å². The summed E-state index contributed by atoms with van der Waals surface area (Å²) >= 11 is 0. The van der Waals surface area contributed by atoms with Crippen LogP contribution in [-0.2, 0) is 4.79 Å². The maximum atomic E-state index is 10.5. The van der Waals surface area contributed by atoms with Gasteiger partial charge in [0.15, 0.2) is 0 Å². The lowest BCUT2D eigenvalue weighted by Gasteiger charge is -2.00. The number of rotatable bonds is 2. The van der Waals surface area contributed by atoms with Gasteiger partial charge in [-0.15, -0.1) is 0 Å². The maximum Gasteiger partial charge on any atom is 0.331 e. The van der Waals surface area contributed by atoms with E-state index in [2.05, 4.69) is 0 Å². The third-order valence-corrected chi connectivity index (χ3v) is 1.72. The summed E-state index contributed by atoms with van der Waals surface area (Å²) in [5.41, 5.74) is 0.371. The van der Waals surface area contributed by atoms with Crippen LogP contribution in [-0.4, -0.2) is 21.3 Å². The van der Waals surface area contributed by atoms with E-state index in [1.807, 2.05) is 0 Å². The van der Waals surface area contributed by atoms with Gasteiger partial charge in [0.05, 0.1) is 0 Å². The number of phenols is 2. The van der Waals surface area contributed by atoms with Gasteiger partial charge in [0.2, 0.25) is 0 Å². The molecule has 0 heterocycles. The average molecular weight is 194 g/mol. The van der Waals surface area contributed by atoms with Gasteiger partial charge in [-0.05, 0) is 31.2 Å². The van der Waals surface area contributed by atoms with Crippen molar-refractivity contribution in [1.82, 2.24) is 0 Å². The Bertz CT molecular complexity index is 393. The van der Waals surface area contributed by atoms with Crippen LogP contribution in [0.2, 0.25) is 0 Å². The van der Waals surface area contributed by atoms with Crippen molar-refractivity contribution in [2.24, 2.45) is 0 Å². The summed E-state index contributed by atoms with van der Waals surface area (Å²) in [5, 5.41) is 27.0. The molecule has 1 aromatic rings. The first-order valence-electron chi connectivity index (χ1n) is 3.94. The van der Waals surface area contributed by atoms with Crippen molar-refractivity contribution < 1.29 is 20.1 Å². The van der Waals surface area contributed by atoms with Gasteiger partial charge in [-0.3, -0.25) is 0 Å². The highest BCUT2D eigenvalue weighted by atomic mass is 16.4. The zero-order valence-electron chi connectivity index (χ0n) is 7.56. The van der Waals surface area contributed by atoms with E-state index >= 15 is 0 Å². The van der Waals surface area contributed by atoms with Crippen LogP contribution < -0.4 is 0 Å². The van der Waals surface area contributed by atoms with Crippen molar-refractivity contribution in [2.45, 2.75) is 6.92 Å². The Morgan fingerprint density at radius 1 is 1.36 bits per heavy atom. The minimum atomic E-state index is -1.06. The van der Waals surface area contributed by atoms with Crippen LogP contribution in [0.4, 0.5) is 0 Å². The number of carboxylic acids is 1.